The van der Waals surface area contributed by atoms with Crippen molar-refractivity contribution in [1.82, 2.24) is 4.90 Å². The van der Waals surface area contributed by atoms with Crippen molar-refractivity contribution in [2.75, 3.05) is 38.2 Å². The molecule has 1 aromatic heterocycles. The molecule has 5 rings (SSSR count). The van der Waals surface area contributed by atoms with Gasteiger partial charge >= 0.3 is 0 Å². The van der Waals surface area contributed by atoms with Gasteiger partial charge in [0.2, 0.25) is 0 Å². The Bertz CT molecular complexity index is 1300. The first kappa shape index (κ1) is 25.4. The second-order valence-electron chi connectivity index (χ2n) is 12.0. The molecule has 1 aliphatic heterocycles. The number of rotatable bonds is 5. The van der Waals surface area contributed by atoms with E-state index in [-0.39, 0.29) is 16.7 Å². The molecule has 2 aromatic carbocycles. The Morgan fingerprint density at radius 3 is 2.24 bits per heavy atom. The molecule has 1 aliphatic carbocycles. The topological polar surface area (TPSA) is 45.9 Å². The summed E-state index contributed by atoms with van der Waals surface area (Å²) in [4.78, 5) is 17.4. The number of hydrogen-bond acceptors (Lipinski definition) is 4. The smallest absolute Gasteiger partial charge is 0.289 e. The molecule has 2 heterocycles. The van der Waals surface area contributed by atoms with Crippen molar-refractivity contribution in [2.45, 2.75) is 64.7 Å². The molecule has 0 spiro atoms. The van der Waals surface area contributed by atoms with E-state index in [4.69, 9.17) is 9.15 Å². The Balaban J connectivity index is 1.28. The molecule has 1 saturated heterocycles. The highest BCUT2D eigenvalue weighted by atomic mass is 16.5. The molecule has 0 radical (unpaired) electrons. The lowest BCUT2D eigenvalue weighted by Crippen LogP contribution is -2.48. The van der Waals surface area contributed by atoms with Gasteiger partial charge in [-0.2, -0.15) is 0 Å². The van der Waals surface area contributed by atoms with Gasteiger partial charge in [-0.1, -0.05) is 52.0 Å². The second-order valence-corrected chi connectivity index (χ2v) is 12.0. The van der Waals surface area contributed by atoms with Gasteiger partial charge in [-0.3, -0.25) is 4.79 Å². The van der Waals surface area contributed by atoms with Crippen LogP contribution in [0.4, 0.5) is 5.69 Å². The number of aryl methyl sites for hydroxylation is 1. The Labute approximate surface area is 221 Å². The summed E-state index contributed by atoms with van der Waals surface area (Å²) in [7, 11) is 1.69. The minimum atomic E-state index is -0.0315. The summed E-state index contributed by atoms with van der Waals surface area (Å²) < 4.78 is 11.6. The van der Waals surface area contributed by atoms with Crippen molar-refractivity contribution < 1.29 is 13.9 Å². The zero-order chi connectivity index (χ0) is 26.4. The van der Waals surface area contributed by atoms with Gasteiger partial charge in [0.25, 0.3) is 5.91 Å². The Morgan fingerprint density at radius 2 is 1.57 bits per heavy atom. The van der Waals surface area contributed by atoms with Crippen LogP contribution in [-0.2, 0) is 17.3 Å². The summed E-state index contributed by atoms with van der Waals surface area (Å²) in [6.07, 6.45) is 3.10. The number of benzene rings is 2. The number of carbonyl (C=O) groups excluding carboxylic acids is 1. The molecule has 5 nitrogen and oxygen atoms in total. The number of furan rings is 1. The fourth-order valence-electron chi connectivity index (χ4n) is 5.93. The Morgan fingerprint density at radius 1 is 0.919 bits per heavy atom. The van der Waals surface area contributed by atoms with Crippen molar-refractivity contribution in [3.63, 3.8) is 0 Å². The first-order chi connectivity index (χ1) is 17.6. The number of amides is 1. The number of para-hydroxylation sites is 2. The molecule has 1 amide bonds. The van der Waals surface area contributed by atoms with Crippen LogP contribution < -0.4 is 9.64 Å². The van der Waals surface area contributed by atoms with Crippen LogP contribution in [0.15, 0.2) is 52.9 Å². The van der Waals surface area contributed by atoms with Crippen LogP contribution in [0.2, 0.25) is 0 Å². The van der Waals surface area contributed by atoms with Crippen LogP contribution in [0.5, 0.6) is 5.75 Å². The van der Waals surface area contributed by atoms with E-state index >= 15 is 0 Å². The second kappa shape index (κ2) is 9.59. The van der Waals surface area contributed by atoms with Crippen molar-refractivity contribution in [1.29, 1.82) is 0 Å². The van der Waals surface area contributed by atoms with Crippen molar-refractivity contribution in [2.24, 2.45) is 0 Å². The SMILES string of the molecule is COc1ccccc1N1CCN(C(=O)c2ccc(Cc3cc4c(cc3C)C(C)(C)CCC4(C)C)o2)CC1. The van der Waals surface area contributed by atoms with E-state index in [0.717, 1.165) is 30.3 Å². The normalized spacial score (nSPS) is 18.4. The third-order valence-corrected chi connectivity index (χ3v) is 8.54. The molecule has 5 heteroatoms. The summed E-state index contributed by atoms with van der Waals surface area (Å²) in [5.41, 5.74) is 6.96. The highest BCUT2D eigenvalue weighted by molar-refractivity contribution is 5.91. The van der Waals surface area contributed by atoms with Crippen LogP contribution >= 0.6 is 0 Å². The first-order valence-electron chi connectivity index (χ1n) is 13.5. The molecule has 3 aromatic rings. The highest BCUT2D eigenvalue weighted by Crippen LogP contribution is 2.46. The maximum atomic E-state index is 13.2. The van der Waals surface area contributed by atoms with Crippen molar-refractivity contribution >= 4 is 11.6 Å². The van der Waals surface area contributed by atoms with Gasteiger partial charge in [-0.15, -0.1) is 0 Å². The maximum absolute atomic E-state index is 13.2. The predicted molar refractivity (Wildman–Crippen MR) is 149 cm³/mol. The standard InChI is InChI=1S/C32H40N2O3/c1-22-19-25-26(32(4,5)14-13-31(25,2)3)21-23(22)20-24-11-12-29(37-24)30(35)34-17-15-33(16-18-34)27-9-7-8-10-28(27)36-6/h7-12,19,21H,13-18,20H2,1-6H3. The van der Waals surface area contributed by atoms with E-state index < -0.39 is 0 Å². The van der Waals surface area contributed by atoms with Gasteiger partial charge in [0, 0.05) is 32.6 Å². The lowest BCUT2D eigenvalue weighted by Gasteiger charge is -2.42. The van der Waals surface area contributed by atoms with E-state index in [2.05, 4.69) is 57.7 Å². The molecule has 0 saturated carbocycles. The highest BCUT2D eigenvalue weighted by Gasteiger charge is 2.37. The summed E-state index contributed by atoms with van der Waals surface area (Å²) >= 11 is 0. The van der Waals surface area contributed by atoms with Gasteiger partial charge in [0.1, 0.15) is 11.5 Å². The zero-order valence-electron chi connectivity index (χ0n) is 23.2. The van der Waals surface area contributed by atoms with Gasteiger partial charge < -0.3 is 19.0 Å². The van der Waals surface area contributed by atoms with Crippen molar-refractivity contribution in [3.8, 4) is 5.75 Å². The van der Waals surface area contributed by atoms with E-state index in [9.17, 15) is 4.79 Å². The van der Waals surface area contributed by atoms with Crippen LogP contribution in [-0.4, -0.2) is 44.1 Å². The van der Waals surface area contributed by atoms with Gasteiger partial charge in [-0.25, -0.2) is 0 Å². The number of piperazine rings is 1. The molecule has 2 aliphatic rings. The molecular weight excluding hydrogens is 460 g/mol. The average Bonchev–Trinajstić information content (AvgIpc) is 3.36. The summed E-state index contributed by atoms with van der Waals surface area (Å²) in [5.74, 6) is 2.10. The first-order valence-corrected chi connectivity index (χ1v) is 13.5. The van der Waals surface area contributed by atoms with Gasteiger partial charge in [-0.05, 0) is 77.1 Å². The van der Waals surface area contributed by atoms with Gasteiger partial charge in [0.15, 0.2) is 5.76 Å². The van der Waals surface area contributed by atoms with Gasteiger partial charge in [0.05, 0.1) is 12.8 Å². The lowest BCUT2D eigenvalue weighted by atomic mass is 9.62. The Hall–Kier alpha value is -3.21. The van der Waals surface area contributed by atoms with E-state index in [1.165, 1.54) is 35.1 Å². The fraction of sp³-hybridized carbons (Fsp3) is 0.469. The fourth-order valence-corrected chi connectivity index (χ4v) is 5.93. The largest absolute Gasteiger partial charge is 0.495 e. The molecule has 0 atom stereocenters. The summed E-state index contributed by atoms with van der Waals surface area (Å²) in [6.45, 7) is 14.5. The Kier molecular flexibility index (Phi) is 6.59. The van der Waals surface area contributed by atoms with E-state index in [1.807, 2.05) is 35.2 Å². The van der Waals surface area contributed by atoms with Crippen molar-refractivity contribution in [3.05, 3.63) is 82.3 Å². The summed E-state index contributed by atoms with van der Waals surface area (Å²) in [5, 5.41) is 0. The lowest BCUT2D eigenvalue weighted by molar-refractivity contribution is 0.0713. The third kappa shape index (κ3) is 4.88. The molecule has 0 bridgehead atoms. The molecule has 0 unspecified atom stereocenters. The molecule has 1 fully saturated rings. The monoisotopic (exact) mass is 500 g/mol. The van der Waals surface area contributed by atoms with Crippen LogP contribution in [0.1, 0.15) is 79.1 Å². The average molecular weight is 501 g/mol. The minimum Gasteiger partial charge on any atom is -0.495 e. The van der Waals surface area contributed by atoms with Crippen LogP contribution in [0.3, 0.4) is 0 Å². The van der Waals surface area contributed by atoms with Crippen LogP contribution in [0.25, 0.3) is 0 Å². The van der Waals surface area contributed by atoms with E-state index in [1.54, 1.807) is 7.11 Å². The number of methoxy groups -OCH3 is 1. The molecule has 37 heavy (non-hydrogen) atoms. The zero-order valence-corrected chi connectivity index (χ0v) is 23.2. The number of hydrogen-bond donors (Lipinski definition) is 0. The molecule has 0 N–H and O–H groups in total. The number of nitrogens with zero attached hydrogens (tertiary/aromatic N) is 2. The maximum Gasteiger partial charge on any atom is 0.289 e. The number of ether oxygens (including phenoxy) is 1. The number of fused-ring (bicyclic) bond motifs is 1. The minimum absolute atomic E-state index is 0.0315. The third-order valence-electron chi connectivity index (χ3n) is 8.54. The quantitative estimate of drug-likeness (QED) is 0.401. The van der Waals surface area contributed by atoms with E-state index in [0.29, 0.717) is 25.3 Å². The summed E-state index contributed by atoms with van der Waals surface area (Å²) in [6, 6.07) is 16.6. The number of anilines is 1. The molecular formula is C32H40N2O3. The molecule has 196 valence electrons. The predicted octanol–water partition coefficient (Wildman–Crippen LogP) is 6.50. The van der Waals surface area contributed by atoms with Crippen LogP contribution in [0, 0.1) is 6.92 Å². The number of carbonyl (C=O) groups is 1.